The van der Waals surface area contributed by atoms with Crippen LogP contribution >= 0.6 is 12.2 Å². The lowest BCUT2D eigenvalue weighted by Gasteiger charge is -2.37. The van der Waals surface area contributed by atoms with E-state index in [1.165, 1.54) is 0 Å². The van der Waals surface area contributed by atoms with E-state index in [-0.39, 0.29) is 18.4 Å². The van der Waals surface area contributed by atoms with E-state index in [0.29, 0.717) is 55.4 Å². The molecule has 35 heavy (non-hydrogen) atoms. The Morgan fingerprint density at radius 2 is 1.80 bits per heavy atom. The van der Waals surface area contributed by atoms with Crippen molar-refractivity contribution < 1.29 is 19.1 Å². The topological polar surface area (TPSA) is 92.7 Å². The number of H-pyrrole nitrogens is 1. The van der Waals surface area contributed by atoms with Gasteiger partial charge in [-0.2, -0.15) is 5.10 Å². The largest absolute Gasteiger partial charge is 0.485 e. The maximum Gasteiger partial charge on any atom is 0.267 e. The van der Waals surface area contributed by atoms with Gasteiger partial charge in [-0.15, -0.1) is 0 Å². The Bertz CT molecular complexity index is 1290. The molecule has 3 aromatic rings. The van der Waals surface area contributed by atoms with Crippen LogP contribution < -0.4 is 9.47 Å². The van der Waals surface area contributed by atoms with Gasteiger partial charge in [0.1, 0.15) is 6.61 Å². The number of hydrogen-bond donors (Lipinski definition) is 1. The summed E-state index contributed by atoms with van der Waals surface area (Å²) >= 11 is 5.40. The van der Waals surface area contributed by atoms with Gasteiger partial charge in [-0.1, -0.05) is 35.9 Å². The first kappa shape index (κ1) is 23.1. The van der Waals surface area contributed by atoms with Crippen LogP contribution in [-0.2, 0) is 16.1 Å². The van der Waals surface area contributed by atoms with Crippen LogP contribution in [0.3, 0.4) is 0 Å². The second kappa shape index (κ2) is 9.91. The second-order valence-electron chi connectivity index (χ2n) is 8.69. The number of nitrogens with zero attached hydrogens (tertiary/aromatic N) is 4. The molecular weight excluding hydrogens is 466 g/mol. The number of hydrogen-bond acceptors (Lipinski definition) is 6. The maximum absolute atomic E-state index is 12.9. The molecule has 0 radical (unpaired) electrons. The van der Waals surface area contributed by atoms with Crippen molar-refractivity contribution in [2.75, 3.05) is 32.8 Å². The van der Waals surface area contributed by atoms with E-state index in [0.717, 1.165) is 17.0 Å². The third-order valence-electron chi connectivity index (χ3n) is 6.31. The molecule has 2 amide bonds. The van der Waals surface area contributed by atoms with Crippen LogP contribution in [-0.4, -0.2) is 75.3 Å². The quantitative estimate of drug-likeness (QED) is 0.550. The van der Waals surface area contributed by atoms with Crippen molar-refractivity contribution in [1.82, 2.24) is 24.6 Å². The summed E-state index contributed by atoms with van der Waals surface area (Å²) < 4.78 is 13.9. The highest BCUT2D eigenvalue weighted by Crippen LogP contribution is 2.31. The molecule has 10 heteroatoms. The Morgan fingerprint density at radius 3 is 2.57 bits per heavy atom. The molecule has 5 rings (SSSR count). The number of carbonyl (C=O) groups excluding carboxylic acids is 2. The zero-order valence-corrected chi connectivity index (χ0v) is 20.3. The summed E-state index contributed by atoms with van der Waals surface area (Å²) in [5.41, 5.74) is 2.08. The van der Waals surface area contributed by atoms with Crippen LogP contribution in [0.25, 0.3) is 11.4 Å². The van der Waals surface area contributed by atoms with Crippen LogP contribution in [0.5, 0.6) is 11.5 Å². The Labute approximate surface area is 208 Å². The minimum atomic E-state index is -0.671. The van der Waals surface area contributed by atoms with Crippen LogP contribution in [0.15, 0.2) is 48.5 Å². The molecule has 2 aliphatic rings. The molecule has 2 aliphatic heterocycles. The lowest BCUT2D eigenvalue weighted by Crippen LogP contribution is -2.55. The van der Waals surface area contributed by atoms with Gasteiger partial charge in [0.05, 0.1) is 0 Å². The molecule has 3 heterocycles. The first-order valence-electron chi connectivity index (χ1n) is 11.7. The molecule has 1 N–H and O–H groups in total. The maximum atomic E-state index is 12.9. The zero-order valence-electron chi connectivity index (χ0n) is 19.5. The lowest BCUT2D eigenvalue weighted by atomic mass is 10.1. The molecule has 1 atom stereocenters. The van der Waals surface area contributed by atoms with Crippen LogP contribution in [0.2, 0.25) is 0 Å². The molecular formula is C25H27N5O4S. The zero-order chi connectivity index (χ0) is 24.4. The van der Waals surface area contributed by atoms with E-state index in [9.17, 15) is 9.59 Å². The van der Waals surface area contributed by atoms with Crippen molar-refractivity contribution in [3.63, 3.8) is 0 Å². The fourth-order valence-corrected chi connectivity index (χ4v) is 4.64. The van der Waals surface area contributed by atoms with Crippen molar-refractivity contribution in [3.05, 3.63) is 58.9 Å². The van der Waals surface area contributed by atoms with Gasteiger partial charge in [0.15, 0.2) is 22.1 Å². The molecule has 0 bridgehead atoms. The second-order valence-corrected chi connectivity index (χ2v) is 9.08. The van der Waals surface area contributed by atoms with E-state index >= 15 is 0 Å². The summed E-state index contributed by atoms with van der Waals surface area (Å²) in [5, 5.41) is 7.20. The molecule has 1 fully saturated rings. The third kappa shape index (κ3) is 4.93. The van der Waals surface area contributed by atoms with Crippen LogP contribution in [0.4, 0.5) is 0 Å². The monoisotopic (exact) mass is 493 g/mol. The summed E-state index contributed by atoms with van der Waals surface area (Å²) in [6.45, 7) is 4.53. The molecule has 1 saturated heterocycles. The number of rotatable bonds is 5. The van der Waals surface area contributed by atoms with E-state index in [4.69, 9.17) is 21.7 Å². The summed E-state index contributed by atoms with van der Waals surface area (Å²) in [5.74, 6) is 1.86. The number of carbonyl (C=O) groups is 2. The minimum Gasteiger partial charge on any atom is -0.485 e. The molecule has 9 nitrogen and oxygen atoms in total. The smallest absolute Gasteiger partial charge is 0.267 e. The Hall–Kier alpha value is -3.66. The number of nitrogens with one attached hydrogen (secondary N) is 1. The van der Waals surface area contributed by atoms with Crippen molar-refractivity contribution in [3.8, 4) is 22.9 Å². The SMILES string of the molecule is Cc1cccc(-c2n[nH]c(=S)n2CCC(=O)N2CCN(C(=O)C3COc4ccccc4O3)CC2)c1. The van der Waals surface area contributed by atoms with Gasteiger partial charge in [-0.3, -0.25) is 19.3 Å². The third-order valence-corrected chi connectivity index (χ3v) is 6.62. The molecule has 1 unspecified atom stereocenters. The summed E-state index contributed by atoms with van der Waals surface area (Å²) in [4.78, 5) is 29.4. The van der Waals surface area contributed by atoms with Crippen molar-refractivity contribution >= 4 is 24.0 Å². The van der Waals surface area contributed by atoms with Gasteiger partial charge in [0.25, 0.3) is 5.91 Å². The molecule has 0 spiro atoms. The number of para-hydroxylation sites is 2. The van der Waals surface area contributed by atoms with E-state index in [1.54, 1.807) is 15.9 Å². The average molecular weight is 494 g/mol. The van der Waals surface area contributed by atoms with E-state index < -0.39 is 6.10 Å². The minimum absolute atomic E-state index is 0.0292. The summed E-state index contributed by atoms with van der Waals surface area (Å²) in [7, 11) is 0. The lowest BCUT2D eigenvalue weighted by molar-refractivity contribution is -0.146. The van der Waals surface area contributed by atoms with Gasteiger partial charge in [-0.25, -0.2) is 0 Å². The standard InChI is InChI=1S/C25H27N5O4S/c1-17-5-4-6-18(15-17)23-26-27-25(35)30(23)10-9-22(31)28-11-13-29(14-12-28)24(32)21-16-33-19-7-2-3-8-20(19)34-21/h2-8,15,21H,9-14,16H2,1H3,(H,27,35). The van der Waals surface area contributed by atoms with E-state index in [1.807, 2.05) is 54.0 Å². The van der Waals surface area contributed by atoms with Gasteiger partial charge in [-0.05, 0) is 37.3 Å². The highest BCUT2D eigenvalue weighted by Gasteiger charge is 2.33. The number of benzene rings is 2. The predicted molar refractivity (Wildman–Crippen MR) is 132 cm³/mol. The number of fused-ring (bicyclic) bond motifs is 1. The highest BCUT2D eigenvalue weighted by atomic mass is 32.1. The average Bonchev–Trinajstić information content (AvgIpc) is 3.26. The van der Waals surface area contributed by atoms with Crippen molar-refractivity contribution in [1.29, 1.82) is 0 Å². The predicted octanol–water partition coefficient (Wildman–Crippen LogP) is 2.82. The van der Waals surface area contributed by atoms with Crippen molar-refractivity contribution in [2.45, 2.75) is 26.0 Å². The van der Waals surface area contributed by atoms with Gasteiger partial charge in [0.2, 0.25) is 12.0 Å². The highest BCUT2D eigenvalue weighted by molar-refractivity contribution is 7.71. The first-order valence-corrected chi connectivity index (χ1v) is 12.1. The van der Waals surface area contributed by atoms with Gasteiger partial charge >= 0.3 is 0 Å². The number of ether oxygens (including phenoxy) is 2. The molecule has 182 valence electrons. The Morgan fingerprint density at radius 1 is 1.06 bits per heavy atom. The number of amides is 2. The fraction of sp³-hybridized carbons (Fsp3) is 0.360. The molecule has 0 saturated carbocycles. The normalized spacial score (nSPS) is 17.3. The number of aromatic amines is 1. The van der Waals surface area contributed by atoms with Gasteiger partial charge < -0.3 is 19.3 Å². The number of aromatic nitrogens is 3. The molecule has 2 aromatic carbocycles. The first-order chi connectivity index (χ1) is 17.0. The van der Waals surface area contributed by atoms with Crippen LogP contribution in [0, 0.1) is 11.7 Å². The molecule has 1 aromatic heterocycles. The van der Waals surface area contributed by atoms with Crippen LogP contribution in [0.1, 0.15) is 12.0 Å². The number of piperazine rings is 1. The Kier molecular flexibility index (Phi) is 6.54. The Balaban J connectivity index is 1.15. The van der Waals surface area contributed by atoms with Crippen molar-refractivity contribution in [2.24, 2.45) is 0 Å². The van der Waals surface area contributed by atoms with Gasteiger partial charge in [0, 0.05) is 44.7 Å². The summed E-state index contributed by atoms with van der Waals surface area (Å²) in [6.07, 6.45) is -0.369. The fourth-order valence-electron chi connectivity index (χ4n) is 4.42. The van der Waals surface area contributed by atoms with E-state index in [2.05, 4.69) is 10.2 Å². The molecule has 0 aliphatic carbocycles. The number of aryl methyl sites for hydroxylation is 1. The summed E-state index contributed by atoms with van der Waals surface area (Å²) in [6, 6.07) is 15.3.